The molecule has 5 nitrogen and oxygen atoms in total. The molecule has 7 heteroatoms. The molecule has 1 N–H and O–H groups in total. The molecule has 2 amide bonds. The van der Waals surface area contributed by atoms with E-state index in [2.05, 4.69) is 41.4 Å². The van der Waals surface area contributed by atoms with Gasteiger partial charge in [0.1, 0.15) is 17.9 Å². The van der Waals surface area contributed by atoms with Crippen molar-refractivity contribution < 1.29 is 14.0 Å². The summed E-state index contributed by atoms with van der Waals surface area (Å²) in [6.45, 7) is 4.79. The summed E-state index contributed by atoms with van der Waals surface area (Å²) in [6.07, 6.45) is 1.36. The first-order valence-corrected chi connectivity index (χ1v) is 11.9. The van der Waals surface area contributed by atoms with Gasteiger partial charge in [-0.2, -0.15) is 0 Å². The molecule has 0 spiro atoms. The van der Waals surface area contributed by atoms with Crippen LogP contribution in [0.4, 0.5) is 4.39 Å². The zero-order chi connectivity index (χ0) is 22.2. The van der Waals surface area contributed by atoms with E-state index in [1.807, 2.05) is 11.3 Å². The van der Waals surface area contributed by atoms with Gasteiger partial charge in [0, 0.05) is 42.2 Å². The average molecular weight is 452 g/mol. The van der Waals surface area contributed by atoms with E-state index in [0.29, 0.717) is 19.5 Å². The molecular formula is C25H26FN3O2S. The lowest BCUT2D eigenvalue weighted by Gasteiger charge is -2.45. The van der Waals surface area contributed by atoms with Crippen LogP contribution in [0, 0.1) is 5.82 Å². The number of piperazine rings is 2. The Balaban J connectivity index is 1.30. The Morgan fingerprint density at radius 3 is 2.66 bits per heavy atom. The highest BCUT2D eigenvalue weighted by atomic mass is 32.1. The normalized spacial score (nSPS) is 21.6. The number of fused-ring (bicyclic) bond motifs is 2. The molecule has 0 saturated carbocycles. The summed E-state index contributed by atoms with van der Waals surface area (Å²) in [5.74, 6) is -0.463. The number of carbonyl (C=O) groups is 2. The SMILES string of the molecule is CCc1sc2ccccc2c1CN1CCN2C(=O)C(Cc3ccc(F)cc3)NC(=O)C2C1. The fraction of sp³-hybridized carbons (Fsp3) is 0.360. The van der Waals surface area contributed by atoms with Crippen LogP contribution >= 0.6 is 11.3 Å². The predicted octanol–water partition coefficient (Wildman–Crippen LogP) is 3.36. The number of thiophene rings is 1. The second kappa shape index (κ2) is 8.64. The number of hydrogen-bond donors (Lipinski definition) is 1. The number of amides is 2. The Labute approximate surface area is 190 Å². The maximum atomic E-state index is 13.2. The molecule has 1 aromatic heterocycles. The lowest BCUT2D eigenvalue weighted by molar-refractivity contribution is -0.153. The monoisotopic (exact) mass is 451 g/mol. The van der Waals surface area contributed by atoms with Gasteiger partial charge in [-0.15, -0.1) is 11.3 Å². The summed E-state index contributed by atoms with van der Waals surface area (Å²) in [6, 6.07) is 13.5. The van der Waals surface area contributed by atoms with Crippen molar-refractivity contribution in [2.45, 2.75) is 38.4 Å². The van der Waals surface area contributed by atoms with E-state index in [4.69, 9.17) is 0 Å². The minimum Gasteiger partial charge on any atom is -0.342 e. The van der Waals surface area contributed by atoms with E-state index in [1.54, 1.807) is 17.0 Å². The maximum absolute atomic E-state index is 13.2. The third-order valence-electron chi connectivity index (χ3n) is 6.50. The molecule has 2 aliphatic rings. The van der Waals surface area contributed by atoms with E-state index in [1.165, 1.54) is 32.7 Å². The van der Waals surface area contributed by atoms with Crippen molar-refractivity contribution in [2.24, 2.45) is 0 Å². The largest absolute Gasteiger partial charge is 0.342 e. The molecule has 32 heavy (non-hydrogen) atoms. The topological polar surface area (TPSA) is 52.6 Å². The summed E-state index contributed by atoms with van der Waals surface area (Å²) in [5, 5.41) is 4.20. The molecule has 2 fully saturated rings. The Bertz CT molecular complexity index is 1160. The molecule has 166 valence electrons. The molecule has 2 aromatic carbocycles. The minimum absolute atomic E-state index is 0.0474. The first kappa shape index (κ1) is 21.1. The molecule has 0 radical (unpaired) electrons. The van der Waals surface area contributed by atoms with Crippen LogP contribution < -0.4 is 5.32 Å². The molecular weight excluding hydrogens is 425 g/mol. The van der Waals surface area contributed by atoms with E-state index in [9.17, 15) is 14.0 Å². The van der Waals surface area contributed by atoms with Crippen molar-refractivity contribution in [1.29, 1.82) is 0 Å². The number of rotatable bonds is 5. The maximum Gasteiger partial charge on any atom is 0.246 e. The Hall–Kier alpha value is -2.77. The molecule has 2 saturated heterocycles. The van der Waals surface area contributed by atoms with Crippen LogP contribution in [0.2, 0.25) is 0 Å². The highest BCUT2D eigenvalue weighted by Gasteiger charge is 2.43. The lowest BCUT2D eigenvalue weighted by atomic mass is 9.98. The van der Waals surface area contributed by atoms with Gasteiger partial charge < -0.3 is 10.2 Å². The third-order valence-corrected chi connectivity index (χ3v) is 7.86. The molecule has 3 heterocycles. The molecule has 2 aliphatic heterocycles. The molecule has 5 rings (SSSR count). The highest BCUT2D eigenvalue weighted by molar-refractivity contribution is 7.19. The molecule has 3 aromatic rings. The highest BCUT2D eigenvalue weighted by Crippen LogP contribution is 2.33. The van der Waals surface area contributed by atoms with Crippen LogP contribution in [0.15, 0.2) is 48.5 Å². The van der Waals surface area contributed by atoms with Gasteiger partial charge in [-0.3, -0.25) is 14.5 Å². The number of benzene rings is 2. The number of halogens is 1. The van der Waals surface area contributed by atoms with Crippen LogP contribution in [-0.4, -0.2) is 53.3 Å². The van der Waals surface area contributed by atoms with Crippen molar-refractivity contribution in [3.05, 3.63) is 70.4 Å². The van der Waals surface area contributed by atoms with Crippen LogP contribution in [0.3, 0.4) is 0 Å². The first-order chi connectivity index (χ1) is 15.5. The quantitative estimate of drug-likeness (QED) is 0.647. The minimum atomic E-state index is -0.594. The number of nitrogens with zero attached hydrogens (tertiary/aromatic N) is 2. The fourth-order valence-electron chi connectivity index (χ4n) is 4.83. The summed E-state index contributed by atoms with van der Waals surface area (Å²) in [7, 11) is 0. The Morgan fingerprint density at radius 1 is 1.09 bits per heavy atom. The van der Waals surface area contributed by atoms with Gasteiger partial charge in [0.15, 0.2) is 0 Å². The van der Waals surface area contributed by atoms with Crippen LogP contribution in [0.5, 0.6) is 0 Å². The summed E-state index contributed by atoms with van der Waals surface area (Å²) < 4.78 is 14.5. The summed E-state index contributed by atoms with van der Waals surface area (Å²) in [5.41, 5.74) is 2.18. The van der Waals surface area contributed by atoms with Crippen LogP contribution in [0.1, 0.15) is 22.9 Å². The molecule has 0 bridgehead atoms. The summed E-state index contributed by atoms with van der Waals surface area (Å²) >= 11 is 1.84. The lowest BCUT2D eigenvalue weighted by Crippen LogP contribution is -2.69. The van der Waals surface area contributed by atoms with Crippen molar-refractivity contribution in [3.8, 4) is 0 Å². The zero-order valence-corrected chi connectivity index (χ0v) is 18.8. The Kier molecular flexibility index (Phi) is 5.69. The first-order valence-electron chi connectivity index (χ1n) is 11.1. The number of aryl methyl sites for hydroxylation is 1. The standard InChI is InChI=1S/C25H26FN3O2S/c1-2-22-19(18-5-3-4-6-23(18)32-22)14-28-11-12-29-21(15-28)24(30)27-20(25(29)31)13-16-7-9-17(26)10-8-16/h3-10,20-21H,2,11-15H2,1H3,(H,27,30). The van der Waals surface area contributed by atoms with Gasteiger partial charge in [0.2, 0.25) is 11.8 Å². The van der Waals surface area contributed by atoms with Gasteiger partial charge in [-0.1, -0.05) is 37.3 Å². The molecule has 0 aliphatic carbocycles. The Morgan fingerprint density at radius 2 is 1.88 bits per heavy atom. The van der Waals surface area contributed by atoms with Crippen LogP contribution in [0.25, 0.3) is 10.1 Å². The third kappa shape index (κ3) is 3.91. The summed E-state index contributed by atoms with van der Waals surface area (Å²) in [4.78, 5) is 31.4. The number of hydrogen-bond acceptors (Lipinski definition) is 4. The van der Waals surface area contributed by atoms with E-state index in [0.717, 1.165) is 25.1 Å². The van der Waals surface area contributed by atoms with Crippen molar-refractivity contribution in [2.75, 3.05) is 19.6 Å². The fourth-order valence-corrected chi connectivity index (χ4v) is 5.98. The van der Waals surface area contributed by atoms with Crippen molar-refractivity contribution in [1.82, 2.24) is 15.1 Å². The zero-order valence-electron chi connectivity index (χ0n) is 18.0. The predicted molar refractivity (Wildman–Crippen MR) is 124 cm³/mol. The molecule has 2 atom stereocenters. The van der Waals surface area contributed by atoms with E-state index < -0.39 is 12.1 Å². The average Bonchev–Trinajstić information content (AvgIpc) is 3.16. The van der Waals surface area contributed by atoms with Gasteiger partial charge in [-0.05, 0) is 41.1 Å². The van der Waals surface area contributed by atoms with E-state index >= 15 is 0 Å². The number of carbonyl (C=O) groups excluding carboxylic acids is 2. The van der Waals surface area contributed by atoms with Gasteiger partial charge >= 0.3 is 0 Å². The number of nitrogens with one attached hydrogen (secondary N) is 1. The van der Waals surface area contributed by atoms with Gasteiger partial charge in [0.25, 0.3) is 0 Å². The van der Waals surface area contributed by atoms with E-state index in [-0.39, 0.29) is 17.6 Å². The van der Waals surface area contributed by atoms with Crippen molar-refractivity contribution in [3.63, 3.8) is 0 Å². The van der Waals surface area contributed by atoms with Gasteiger partial charge in [-0.25, -0.2) is 4.39 Å². The second-order valence-corrected chi connectivity index (χ2v) is 9.66. The second-order valence-electron chi connectivity index (χ2n) is 8.53. The molecule has 2 unspecified atom stereocenters. The smallest absolute Gasteiger partial charge is 0.246 e. The van der Waals surface area contributed by atoms with Gasteiger partial charge in [0.05, 0.1) is 0 Å². The van der Waals surface area contributed by atoms with Crippen LogP contribution in [-0.2, 0) is 29.0 Å². The van der Waals surface area contributed by atoms with Crippen molar-refractivity contribution >= 4 is 33.2 Å².